The van der Waals surface area contributed by atoms with E-state index in [1.165, 1.54) is 12.8 Å². The summed E-state index contributed by atoms with van der Waals surface area (Å²) in [6.45, 7) is 2.01. The predicted molar refractivity (Wildman–Crippen MR) is 87.4 cm³/mol. The molecule has 0 aliphatic carbocycles. The molecule has 2 fully saturated rings. The molecule has 4 nitrogen and oxygen atoms in total. The zero-order chi connectivity index (χ0) is 15.7. The molecule has 0 saturated carbocycles. The fraction of sp³-hybridized carbons (Fsp3) is 0.588. The molecule has 0 aromatic heterocycles. The van der Waals surface area contributed by atoms with E-state index >= 15 is 0 Å². The summed E-state index contributed by atoms with van der Waals surface area (Å²) >= 11 is 5.93. The number of halogens is 1. The molecule has 0 radical (unpaired) electrons. The number of fused-ring (bicyclic) bond motifs is 2. The molecule has 5 heteroatoms. The van der Waals surface area contributed by atoms with Gasteiger partial charge in [-0.1, -0.05) is 11.6 Å². The molecule has 2 heterocycles. The second-order valence-electron chi connectivity index (χ2n) is 6.47. The van der Waals surface area contributed by atoms with Gasteiger partial charge in [0, 0.05) is 30.2 Å². The first-order valence-corrected chi connectivity index (χ1v) is 8.31. The van der Waals surface area contributed by atoms with Crippen LogP contribution in [0.2, 0.25) is 5.02 Å². The molecule has 2 unspecified atom stereocenters. The highest BCUT2D eigenvalue weighted by molar-refractivity contribution is 6.30. The molecule has 0 spiro atoms. The summed E-state index contributed by atoms with van der Waals surface area (Å²) in [6.07, 6.45) is 4.59. The summed E-state index contributed by atoms with van der Waals surface area (Å²) in [4.78, 5) is 14.3. The molecular weight excluding hydrogens is 300 g/mol. The Morgan fingerprint density at radius 3 is 2.68 bits per heavy atom. The van der Waals surface area contributed by atoms with Gasteiger partial charge in [0.05, 0.1) is 0 Å². The summed E-state index contributed by atoms with van der Waals surface area (Å²) in [5.74, 6) is 0.761. The lowest BCUT2D eigenvalue weighted by Gasteiger charge is -2.35. The minimum atomic E-state index is 0.0423. The smallest absolute Gasteiger partial charge is 0.260 e. The van der Waals surface area contributed by atoms with Gasteiger partial charge in [-0.05, 0) is 56.4 Å². The zero-order valence-electron chi connectivity index (χ0n) is 13.1. The zero-order valence-corrected chi connectivity index (χ0v) is 13.9. The van der Waals surface area contributed by atoms with Gasteiger partial charge >= 0.3 is 0 Å². The number of nitrogens with one attached hydrogen (secondary N) is 1. The molecule has 2 bridgehead atoms. The van der Waals surface area contributed by atoms with E-state index in [0.717, 1.165) is 24.2 Å². The lowest BCUT2D eigenvalue weighted by atomic mass is 9.98. The third kappa shape index (κ3) is 3.39. The number of hydrogen-bond acceptors (Lipinski definition) is 3. The second kappa shape index (κ2) is 6.47. The van der Waals surface area contributed by atoms with Crippen LogP contribution in [0.4, 0.5) is 0 Å². The van der Waals surface area contributed by atoms with Crippen molar-refractivity contribution in [1.82, 2.24) is 10.2 Å². The maximum Gasteiger partial charge on any atom is 0.260 e. The Bertz CT molecular complexity index is 552. The highest BCUT2D eigenvalue weighted by atomic mass is 35.5. The van der Waals surface area contributed by atoms with Crippen LogP contribution in [0.25, 0.3) is 0 Å². The van der Waals surface area contributed by atoms with Crippen molar-refractivity contribution in [2.24, 2.45) is 0 Å². The van der Waals surface area contributed by atoms with Crippen molar-refractivity contribution < 1.29 is 9.53 Å². The van der Waals surface area contributed by atoms with Crippen LogP contribution in [0.15, 0.2) is 18.2 Å². The molecular formula is C17H23ClN2O2. The highest BCUT2D eigenvalue weighted by Gasteiger charge is 2.36. The molecule has 2 aliphatic heterocycles. The van der Waals surface area contributed by atoms with E-state index in [9.17, 15) is 4.79 Å². The van der Waals surface area contributed by atoms with Crippen LogP contribution in [-0.2, 0) is 4.79 Å². The van der Waals surface area contributed by atoms with Crippen molar-refractivity contribution in [1.29, 1.82) is 0 Å². The van der Waals surface area contributed by atoms with E-state index in [2.05, 4.69) is 5.32 Å². The van der Waals surface area contributed by atoms with Crippen LogP contribution in [0.1, 0.15) is 31.2 Å². The lowest BCUT2D eigenvalue weighted by Crippen LogP contribution is -2.49. The Morgan fingerprint density at radius 2 is 2.05 bits per heavy atom. The van der Waals surface area contributed by atoms with Crippen molar-refractivity contribution >= 4 is 17.5 Å². The van der Waals surface area contributed by atoms with Crippen LogP contribution in [0.3, 0.4) is 0 Å². The van der Waals surface area contributed by atoms with Crippen molar-refractivity contribution in [3.63, 3.8) is 0 Å². The van der Waals surface area contributed by atoms with Crippen LogP contribution in [0, 0.1) is 6.92 Å². The van der Waals surface area contributed by atoms with Gasteiger partial charge in [-0.25, -0.2) is 0 Å². The fourth-order valence-corrected chi connectivity index (χ4v) is 3.79. The quantitative estimate of drug-likeness (QED) is 0.926. The molecule has 2 atom stereocenters. The summed E-state index contributed by atoms with van der Waals surface area (Å²) in [6, 6.07) is 6.94. The Kier molecular flexibility index (Phi) is 4.59. The molecule has 2 aliphatic rings. The van der Waals surface area contributed by atoms with Gasteiger partial charge < -0.3 is 15.0 Å². The number of amides is 1. The number of likely N-dealkylation sites (N-methyl/N-ethyl adjacent to an activating group) is 1. The van der Waals surface area contributed by atoms with E-state index in [1.54, 1.807) is 6.07 Å². The van der Waals surface area contributed by atoms with E-state index in [1.807, 2.05) is 31.0 Å². The summed E-state index contributed by atoms with van der Waals surface area (Å²) < 4.78 is 5.67. The first-order valence-electron chi connectivity index (χ1n) is 7.93. The number of carbonyl (C=O) groups excluding carboxylic acids is 1. The number of ether oxygens (including phenoxy) is 1. The van der Waals surface area contributed by atoms with Crippen molar-refractivity contribution in [2.45, 2.75) is 50.7 Å². The van der Waals surface area contributed by atoms with Gasteiger partial charge in [-0.3, -0.25) is 4.79 Å². The van der Waals surface area contributed by atoms with Gasteiger partial charge in [0.25, 0.3) is 5.91 Å². The van der Waals surface area contributed by atoms with E-state index in [4.69, 9.17) is 16.3 Å². The van der Waals surface area contributed by atoms with E-state index in [0.29, 0.717) is 23.1 Å². The number of benzene rings is 1. The van der Waals surface area contributed by atoms with Crippen LogP contribution in [0.5, 0.6) is 5.75 Å². The van der Waals surface area contributed by atoms with E-state index in [-0.39, 0.29) is 12.5 Å². The second-order valence-corrected chi connectivity index (χ2v) is 6.90. The number of piperidine rings is 1. The normalized spacial score (nSPS) is 26.8. The van der Waals surface area contributed by atoms with Gasteiger partial charge in [-0.2, -0.15) is 0 Å². The van der Waals surface area contributed by atoms with Crippen molar-refractivity contribution in [3.8, 4) is 5.75 Å². The van der Waals surface area contributed by atoms with E-state index < -0.39 is 0 Å². The number of rotatable bonds is 4. The molecule has 1 amide bonds. The molecule has 2 saturated heterocycles. The number of aryl methyl sites for hydroxylation is 1. The highest BCUT2D eigenvalue weighted by Crippen LogP contribution is 2.29. The summed E-state index contributed by atoms with van der Waals surface area (Å²) in [5, 5.41) is 4.28. The Balaban J connectivity index is 1.55. The third-order valence-electron chi connectivity index (χ3n) is 4.88. The Labute approximate surface area is 136 Å². The molecule has 3 rings (SSSR count). The molecule has 120 valence electrons. The van der Waals surface area contributed by atoms with Crippen LogP contribution in [-0.4, -0.2) is 42.6 Å². The standard InChI is InChI=1S/C17H23ClN2O2/c1-11-7-12(18)3-6-16(11)22-10-17(21)20(2)15-8-13-4-5-14(9-15)19-13/h3,6-7,13-15,19H,4-5,8-10H2,1-2H3. The molecule has 1 N–H and O–H groups in total. The number of nitrogens with zero attached hydrogens (tertiary/aromatic N) is 1. The van der Waals surface area contributed by atoms with Crippen LogP contribution < -0.4 is 10.1 Å². The Morgan fingerprint density at radius 1 is 1.36 bits per heavy atom. The largest absolute Gasteiger partial charge is 0.483 e. The number of hydrogen-bond donors (Lipinski definition) is 1. The maximum atomic E-state index is 12.4. The molecule has 22 heavy (non-hydrogen) atoms. The Hall–Kier alpha value is -1.26. The fourth-order valence-electron chi connectivity index (χ4n) is 3.56. The minimum absolute atomic E-state index is 0.0423. The average Bonchev–Trinajstić information content (AvgIpc) is 2.83. The first-order chi connectivity index (χ1) is 10.5. The maximum absolute atomic E-state index is 12.4. The van der Waals surface area contributed by atoms with Crippen molar-refractivity contribution in [2.75, 3.05) is 13.7 Å². The summed E-state index contributed by atoms with van der Waals surface area (Å²) in [7, 11) is 1.90. The first kappa shape index (κ1) is 15.6. The van der Waals surface area contributed by atoms with Gasteiger partial charge in [0.15, 0.2) is 6.61 Å². The average molecular weight is 323 g/mol. The third-order valence-corrected chi connectivity index (χ3v) is 5.11. The topological polar surface area (TPSA) is 41.6 Å². The predicted octanol–water partition coefficient (Wildman–Crippen LogP) is 2.77. The van der Waals surface area contributed by atoms with Crippen molar-refractivity contribution in [3.05, 3.63) is 28.8 Å². The number of carbonyl (C=O) groups is 1. The minimum Gasteiger partial charge on any atom is -0.483 e. The van der Waals surface area contributed by atoms with Gasteiger partial charge in [0.1, 0.15) is 5.75 Å². The SMILES string of the molecule is Cc1cc(Cl)ccc1OCC(=O)N(C)C1CC2CCC(C1)N2. The van der Waals surface area contributed by atoms with Gasteiger partial charge in [-0.15, -0.1) is 0 Å². The monoisotopic (exact) mass is 322 g/mol. The summed E-state index contributed by atoms with van der Waals surface area (Å²) in [5.41, 5.74) is 0.947. The van der Waals surface area contributed by atoms with Gasteiger partial charge in [0.2, 0.25) is 0 Å². The lowest BCUT2D eigenvalue weighted by molar-refractivity contribution is -0.134. The molecule has 1 aromatic rings. The molecule has 1 aromatic carbocycles. The van der Waals surface area contributed by atoms with Crippen LogP contribution >= 0.6 is 11.6 Å².